The second kappa shape index (κ2) is 13.0. The van der Waals surface area contributed by atoms with Gasteiger partial charge < -0.3 is 24.2 Å². The number of carbonyl (C=O) groups is 2. The zero-order chi connectivity index (χ0) is 27.8. The van der Waals surface area contributed by atoms with E-state index in [4.69, 9.17) is 14.2 Å². The van der Waals surface area contributed by atoms with Gasteiger partial charge in [-0.2, -0.15) is 0 Å². The largest absolute Gasteiger partial charge is 0.507 e. The number of ether oxygens (including phenoxy) is 3. The zero-order valence-corrected chi connectivity index (χ0v) is 22.6. The molecule has 1 unspecified atom stereocenters. The quantitative estimate of drug-likeness (QED) is 0.139. The van der Waals surface area contributed by atoms with E-state index in [1.165, 1.54) is 4.90 Å². The Bertz CT molecular complexity index is 1320. The third kappa shape index (κ3) is 6.22. The van der Waals surface area contributed by atoms with Crippen LogP contribution in [0.4, 0.5) is 0 Å². The standard InChI is InChI=1S/C31H34N2O6/c1-4-7-17-39-24-13-10-22(11-14-24)29(34)27-28(23-12-15-25(37-5-2)26(18-23)38-6-3)33(31(36)30(27)35)20-21-9-8-16-32-19-21/h8-16,18-19,28,34H,4-7,17,20H2,1-3H3. The van der Waals surface area contributed by atoms with Crippen molar-refractivity contribution >= 4 is 17.4 Å². The van der Waals surface area contributed by atoms with Crippen molar-refractivity contribution in [1.29, 1.82) is 0 Å². The molecule has 8 nitrogen and oxygen atoms in total. The Morgan fingerprint density at radius 1 is 0.949 bits per heavy atom. The third-order valence-corrected chi connectivity index (χ3v) is 6.39. The number of aromatic nitrogens is 1. The van der Waals surface area contributed by atoms with E-state index in [9.17, 15) is 14.7 Å². The maximum atomic E-state index is 13.4. The highest BCUT2D eigenvalue weighted by Gasteiger charge is 2.46. The predicted molar refractivity (Wildman–Crippen MR) is 148 cm³/mol. The molecule has 1 fully saturated rings. The lowest BCUT2D eigenvalue weighted by molar-refractivity contribution is -0.140. The lowest BCUT2D eigenvalue weighted by atomic mass is 9.94. The maximum Gasteiger partial charge on any atom is 0.295 e. The Balaban J connectivity index is 1.79. The molecule has 1 aliphatic heterocycles. The Hall–Kier alpha value is -4.33. The van der Waals surface area contributed by atoms with Gasteiger partial charge >= 0.3 is 0 Å². The van der Waals surface area contributed by atoms with Crippen molar-refractivity contribution < 1.29 is 28.9 Å². The number of hydrogen-bond acceptors (Lipinski definition) is 7. The number of pyridine rings is 1. The lowest BCUT2D eigenvalue weighted by Gasteiger charge is -2.26. The van der Waals surface area contributed by atoms with E-state index in [0.717, 1.165) is 18.4 Å². The number of unbranched alkanes of at least 4 members (excludes halogenated alkanes) is 1. The molecule has 2 heterocycles. The van der Waals surface area contributed by atoms with Crippen LogP contribution in [-0.2, 0) is 16.1 Å². The molecule has 1 N–H and O–H groups in total. The van der Waals surface area contributed by atoms with Gasteiger partial charge in [0.05, 0.1) is 31.4 Å². The molecular formula is C31H34N2O6. The van der Waals surface area contributed by atoms with Crippen LogP contribution < -0.4 is 14.2 Å². The average Bonchev–Trinajstić information content (AvgIpc) is 3.20. The average molecular weight is 531 g/mol. The van der Waals surface area contributed by atoms with Crippen LogP contribution in [0.1, 0.15) is 56.3 Å². The summed E-state index contributed by atoms with van der Waals surface area (Å²) in [5.41, 5.74) is 1.80. The second-order valence-electron chi connectivity index (χ2n) is 9.09. The van der Waals surface area contributed by atoms with Crippen LogP contribution in [0.3, 0.4) is 0 Å². The third-order valence-electron chi connectivity index (χ3n) is 6.39. The van der Waals surface area contributed by atoms with E-state index in [2.05, 4.69) is 11.9 Å². The first kappa shape index (κ1) is 27.7. The van der Waals surface area contributed by atoms with Gasteiger partial charge in [0.15, 0.2) is 11.5 Å². The van der Waals surface area contributed by atoms with Gasteiger partial charge in [-0.05, 0) is 73.9 Å². The fourth-order valence-corrected chi connectivity index (χ4v) is 4.51. The van der Waals surface area contributed by atoms with Gasteiger partial charge in [0.1, 0.15) is 11.5 Å². The molecule has 1 amide bonds. The number of aliphatic hydroxyl groups is 1. The molecule has 0 aliphatic carbocycles. The smallest absolute Gasteiger partial charge is 0.295 e. The van der Waals surface area contributed by atoms with Crippen molar-refractivity contribution in [3.63, 3.8) is 0 Å². The van der Waals surface area contributed by atoms with Gasteiger partial charge in [0.25, 0.3) is 11.7 Å². The van der Waals surface area contributed by atoms with E-state index in [0.29, 0.717) is 48.2 Å². The van der Waals surface area contributed by atoms with Crippen LogP contribution in [0.15, 0.2) is 72.6 Å². The van der Waals surface area contributed by atoms with E-state index in [1.807, 2.05) is 19.9 Å². The van der Waals surface area contributed by atoms with E-state index in [1.54, 1.807) is 60.9 Å². The highest BCUT2D eigenvalue weighted by Crippen LogP contribution is 2.42. The molecule has 1 atom stereocenters. The number of Topliss-reactive ketones (excluding diaryl/α,β-unsaturated/α-hetero) is 1. The first-order chi connectivity index (χ1) is 19.0. The maximum absolute atomic E-state index is 13.4. The van der Waals surface area contributed by atoms with Crippen LogP contribution in [0.25, 0.3) is 5.76 Å². The fraction of sp³-hybridized carbons (Fsp3) is 0.323. The summed E-state index contributed by atoms with van der Waals surface area (Å²) >= 11 is 0. The number of benzene rings is 2. The number of amides is 1. The highest BCUT2D eigenvalue weighted by atomic mass is 16.5. The first-order valence-corrected chi connectivity index (χ1v) is 13.3. The van der Waals surface area contributed by atoms with E-state index >= 15 is 0 Å². The summed E-state index contributed by atoms with van der Waals surface area (Å²) < 4.78 is 17.3. The molecule has 1 aromatic heterocycles. The second-order valence-corrected chi connectivity index (χ2v) is 9.09. The Morgan fingerprint density at radius 3 is 2.36 bits per heavy atom. The van der Waals surface area contributed by atoms with Gasteiger partial charge in [0.2, 0.25) is 0 Å². The highest BCUT2D eigenvalue weighted by molar-refractivity contribution is 6.46. The summed E-state index contributed by atoms with van der Waals surface area (Å²) in [5.74, 6) is 0.0251. The molecule has 2 aromatic carbocycles. The molecule has 1 aliphatic rings. The first-order valence-electron chi connectivity index (χ1n) is 13.3. The molecule has 0 saturated carbocycles. The predicted octanol–water partition coefficient (Wildman–Crippen LogP) is 5.68. The van der Waals surface area contributed by atoms with Crippen LogP contribution >= 0.6 is 0 Å². The van der Waals surface area contributed by atoms with Gasteiger partial charge in [-0.15, -0.1) is 0 Å². The molecule has 1 saturated heterocycles. The molecule has 8 heteroatoms. The van der Waals surface area contributed by atoms with Crippen molar-refractivity contribution in [3.05, 3.63) is 89.3 Å². The summed E-state index contributed by atoms with van der Waals surface area (Å²) in [7, 11) is 0. The minimum atomic E-state index is -0.847. The Kier molecular flexibility index (Phi) is 9.20. The van der Waals surface area contributed by atoms with Gasteiger partial charge in [-0.1, -0.05) is 25.5 Å². The topological polar surface area (TPSA) is 98.2 Å². The van der Waals surface area contributed by atoms with Crippen LogP contribution in [0.2, 0.25) is 0 Å². The number of hydrogen-bond donors (Lipinski definition) is 1. The van der Waals surface area contributed by atoms with Gasteiger partial charge in [-0.3, -0.25) is 14.6 Å². The number of aliphatic hydroxyl groups excluding tert-OH is 1. The van der Waals surface area contributed by atoms with Gasteiger partial charge in [-0.25, -0.2) is 0 Å². The summed E-state index contributed by atoms with van der Waals surface area (Å²) in [4.78, 5) is 32.4. The van der Waals surface area contributed by atoms with Crippen LogP contribution in [-0.4, -0.2) is 46.5 Å². The molecule has 0 spiro atoms. The van der Waals surface area contributed by atoms with Crippen LogP contribution in [0, 0.1) is 0 Å². The summed E-state index contributed by atoms with van der Waals surface area (Å²) in [6.07, 6.45) is 5.26. The molecule has 4 rings (SSSR count). The Labute approximate surface area is 228 Å². The fourth-order valence-electron chi connectivity index (χ4n) is 4.51. The zero-order valence-electron chi connectivity index (χ0n) is 22.6. The lowest BCUT2D eigenvalue weighted by Crippen LogP contribution is -2.29. The Morgan fingerprint density at radius 2 is 1.69 bits per heavy atom. The summed E-state index contributed by atoms with van der Waals surface area (Å²) in [6.45, 7) is 7.44. The summed E-state index contributed by atoms with van der Waals surface area (Å²) in [5, 5.41) is 11.4. The molecule has 39 heavy (non-hydrogen) atoms. The van der Waals surface area contributed by atoms with Crippen molar-refractivity contribution in [2.24, 2.45) is 0 Å². The number of likely N-dealkylation sites (tertiary alicyclic amines) is 1. The number of nitrogens with zero attached hydrogens (tertiary/aromatic N) is 2. The van der Waals surface area contributed by atoms with E-state index in [-0.39, 0.29) is 17.9 Å². The van der Waals surface area contributed by atoms with E-state index < -0.39 is 17.7 Å². The van der Waals surface area contributed by atoms with Gasteiger partial charge in [0, 0.05) is 24.5 Å². The monoisotopic (exact) mass is 530 g/mol. The minimum absolute atomic E-state index is 0.00940. The van der Waals surface area contributed by atoms with Crippen molar-refractivity contribution in [3.8, 4) is 17.2 Å². The molecule has 3 aromatic rings. The molecule has 204 valence electrons. The SMILES string of the molecule is CCCCOc1ccc(C(O)=C2C(=O)C(=O)N(Cc3cccnc3)C2c2ccc(OCC)c(OCC)c2)cc1. The molecule has 0 radical (unpaired) electrons. The normalized spacial score (nSPS) is 16.4. The summed E-state index contributed by atoms with van der Waals surface area (Å²) in [6, 6.07) is 14.9. The van der Waals surface area contributed by atoms with Crippen molar-refractivity contribution in [2.45, 2.75) is 46.2 Å². The molecule has 0 bridgehead atoms. The number of carbonyl (C=O) groups excluding carboxylic acids is 2. The van der Waals surface area contributed by atoms with Crippen LogP contribution in [0.5, 0.6) is 17.2 Å². The number of rotatable bonds is 12. The minimum Gasteiger partial charge on any atom is -0.507 e. The van der Waals surface area contributed by atoms with Crippen molar-refractivity contribution in [1.82, 2.24) is 9.88 Å². The number of ketones is 1. The van der Waals surface area contributed by atoms with Crippen molar-refractivity contribution in [2.75, 3.05) is 19.8 Å². The molecular weight excluding hydrogens is 496 g/mol.